The third-order valence-corrected chi connectivity index (χ3v) is 4.55. The number of nitrogens with one attached hydrogen (secondary N) is 1. The maximum atomic E-state index is 12.1. The largest absolute Gasteiger partial charge is 0.383 e. The summed E-state index contributed by atoms with van der Waals surface area (Å²) in [7, 11) is 3.10. The molecule has 0 aliphatic carbocycles. The maximum absolute atomic E-state index is 12.1. The first-order valence-corrected chi connectivity index (χ1v) is 7.60. The Morgan fingerprint density at radius 1 is 1.45 bits per heavy atom. The normalized spacial score (nSPS) is 12.7. The van der Waals surface area contributed by atoms with Gasteiger partial charge in [0.2, 0.25) is 0 Å². The molecule has 2 aromatic heterocycles. The average molecular weight is 326 g/mol. The van der Waals surface area contributed by atoms with E-state index in [9.17, 15) is 14.4 Å². The molecule has 0 aliphatic rings. The third-order valence-electron chi connectivity index (χ3n) is 3.35. The number of nitrogens with zero attached hydrogens (tertiary/aromatic N) is 3. The number of aromatic nitrogens is 4. The van der Waals surface area contributed by atoms with E-state index in [0.717, 1.165) is 0 Å². The highest BCUT2D eigenvalue weighted by Crippen LogP contribution is 2.25. The lowest BCUT2D eigenvalue weighted by atomic mass is 10.3. The van der Waals surface area contributed by atoms with Gasteiger partial charge in [0, 0.05) is 20.7 Å². The van der Waals surface area contributed by atoms with Gasteiger partial charge in [-0.3, -0.25) is 19.1 Å². The predicted octanol–water partition coefficient (Wildman–Crippen LogP) is 0.139. The van der Waals surface area contributed by atoms with Gasteiger partial charge in [-0.25, -0.2) is 9.78 Å². The number of aryl methyl sites for hydroxylation is 1. The van der Waals surface area contributed by atoms with Crippen LogP contribution in [0.5, 0.6) is 0 Å². The highest BCUT2D eigenvalue weighted by Gasteiger charge is 2.20. The van der Waals surface area contributed by atoms with Crippen molar-refractivity contribution in [2.45, 2.75) is 30.8 Å². The van der Waals surface area contributed by atoms with Gasteiger partial charge >= 0.3 is 5.69 Å². The standard InChI is InChI=1S/C13H18N4O4S/c1-7(18)8(2)22-13-14-10-9(17(13)5-6-21-4)11(19)15-12(20)16(10)3/h8H,5-6H2,1-4H3,(H,15,19,20). The maximum Gasteiger partial charge on any atom is 0.329 e. The molecule has 8 nitrogen and oxygen atoms in total. The molecule has 1 unspecified atom stereocenters. The lowest BCUT2D eigenvalue weighted by Crippen LogP contribution is -2.29. The quantitative estimate of drug-likeness (QED) is 0.758. The molecule has 0 radical (unpaired) electrons. The van der Waals surface area contributed by atoms with Crippen molar-refractivity contribution >= 4 is 28.7 Å². The van der Waals surface area contributed by atoms with Crippen LogP contribution in [0.15, 0.2) is 14.7 Å². The molecule has 0 saturated heterocycles. The van der Waals surface area contributed by atoms with Crippen molar-refractivity contribution < 1.29 is 9.53 Å². The molecule has 2 heterocycles. The van der Waals surface area contributed by atoms with Crippen LogP contribution >= 0.6 is 11.8 Å². The monoisotopic (exact) mass is 326 g/mol. The second-order valence-electron chi connectivity index (χ2n) is 4.90. The van der Waals surface area contributed by atoms with E-state index in [1.165, 1.54) is 30.3 Å². The second kappa shape index (κ2) is 6.49. The topological polar surface area (TPSA) is 99.0 Å². The number of carbonyl (C=O) groups is 1. The molecule has 1 N–H and O–H groups in total. The van der Waals surface area contributed by atoms with E-state index < -0.39 is 11.2 Å². The van der Waals surface area contributed by atoms with Crippen LogP contribution in [0.1, 0.15) is 13.8 Å². The van der Waals surface area contributed by atoms with Gasteiger partial charge in [0.25, 0.3) is 5.56 Å². The minimum Gasteiger partial charge on any atom is -0.383 e. The van der Waals surface area contributed by atoms with Gasteiger partial charge in [0.05, 0.1) is 11.9 Å². The van der Waals surface area contributed by atoms with Crippen LogP contribution in [0.4, 0.5) is 0 Å². The molecule has 0 bridgehead atoms. The fourth-order valence-corrected chi connectivity index (χ4v) is 2.87. The van der Waals surface area contributed by atoms with E-state index in [1.807, 2.05) is 0 Å². The lowest BCUT2D eigenvalue weighted by molar-refractivity contribution is -0.116. The molecular formula is C13H18N4O4S. The van der Waals surface area contributed by atoms with Crippen molar-refractivity contribution in [3.8, 4) is 0 Å². The first-order valence-electron chi connectivity index (χ1n) is 6.72. The van der Waals surface area contributed by atoms with Gasteiger partial charge in [-0.15, -0.1) is 0 Å². The van der Waals surface area contributed by atoms with Crippen LogP contribution in [0.3, 0.4) is 0 Å². The first kappa shape index (κ1) is 16.5. The van der Waals surface area contributed by atoms with Crippen molar-refractivity contribution in [3.63, 3.8) is 0 Å². The van der Waals surface area contributed by atoms with Gasteiger partial charge in [0.1, 0.15) is 5.78 Å². The summed E-state index contributed by atoms with van der Waals surface area (Å²) in [5.74, 6) is 0.0122. The number of aromatic amines is 1. The van der Waals surface area contributed by atoms with Crippen LogP contribution < -0.4 is 11.2 Å². The third kappa shape index (κ3) is 3.00. The minimum atomic E-state index is -0.523. The summed E-state index contributed by atoms with van der Waals surface area (Å²) in [5, 5.41) is 0.218. The minimum absolute atomic E-state index is 0.0122. The zero-order valence-corrected chi connectivity index (χ0v) is 13.7. The van der Waals surface area contributed by atoms with E-state index in [4.69, 9.17) is 4.74 Å². The number of thioether (sulfide) groups is 1. The van der Waals surface area contributed by atoms with E-state index >= 15 is 0 Å². The average Bonchev–Trinajstić information content (AvgIpc) is 2.81. The number of ketones is 1. The number of Topliss-reactive ketones (excluding diaryl/α,β-unsaturated/α-hetero) is 1. The summed E-state index contributed by atoms with van der Waals surface area (Å²) < 4.78 is 8.02. The van der Waals surface area contributed by atoms with Crippen LogP contribution in [-0.4, -0.2) is 43.9 Å². The van der Waals surface area contributed by atoms with Crippen molar-refractivity contribution in [2.75, 3.05) is 13.7 Å². The Balaban J connectivity index is 2.66. The Morgan fingerprint density at radius 3 is 2.73 bits per heavy atom. The van der Waals surface area contributed by atoms with Gasteiger partial charge in [-0.1, -0.05) is 11.8 Å². The summed E-state index contributed by atoms with van der Waals surface area (Å²) >= 11 is 1.26. The molecule has 0 amide bonds. The summed E-state index contributed by atoms with van der Waals surface area (Å²) in [5.41, 5.74) is -0.422. The van der Waals surface area contributed by atoms with Gasteiger partial charge in [-0.05, 0) is 13.8 Å². The highest BCUT2D eigenvalue weighted by atomic mass is 32.2. The molecule has 0 saturated carbocycles. The molecule has 9 heteroatoms. The molecule has 22 heavy (non-hydrogen) atoms. The number of fused-ring (bicyclic) bond motifs is 1. The molecule has 120 valence electrons. The molecule has 0 spiro atoms. The molecule has 0 fully saturated rings. The number of carbonyl (C=O) groups excluding carboxylic acids is 1. The predicted molar refractivity (Wildman–Crippen MR) is 83.5 cm³/mol. The van der Waals surface area contributed by atoms with Gasteiger partial charge in [0.15, 0.2) is 16.3 Å². The Labute approximate surface area is 130 Å². The fraction of sp³-hybridized carbons (Fsp3) is 0.538. The Hall–Kier alpha value is -1.87. The fourth-order valence-electron chi connectivity index (χ4n) is 1.94. The summed E-state index contributed by atoms with van der Waals surface area (Å²) in [6, 6.07) is 0. The first-order chi connectivity index (χ1) is 10.4. The SMILES string of the molecule is COCCn1c(SC(C)C(C)=O)nc2c1c(=O)[nH]c(=O)n2C. The number of rotatable bonds is 6. The van der Waals surface area contributed by atoms with E-state index in [-0.39, 0.29) is 11.0 Å². The molecular weight excluding hydrogens is 308 g/mol. The van der Waals surface area contributed by atoms with Crippen molar-refractivity contribution in [3.05, 3.63) is 20.8 Å². The van der Waals surface area contributed by atoms with Crippen LogP contribution in [0, 0.1) is 0 Å². The van der Waals surface area contributed by atoms with Crippen molar-refractivity contribution in [2.24, 2.45) is 7.05 Å². The molecule has 0 aromatic carbocycles. The molecule has 2 aromatic rings. The summed E-state index contributed by atoms with van der Waals surface area (Å²) in [6.45, 7) is 4.07. The number of hydrogen-bond donors (Lipinski definition) is 1. The molecule has 0 aliphatic heterocycles. The number of hydrogen-bond acceptors (Lipinski definition) is 6. The number of methoxy groups -OCH3 is 1. The number of imidazole rings is 1. The van der Waals surface area contributed by atoms with Crippen molar-refractivity contribution in [1.82, 2.24) is 19.1 Å². The van der Waals surface area contributed by atoms with Crippen LogP contribution in [0.25, 0.3) is 11.2 Å². The van der Waals surface area contributed by atoms with Crippen molar-refractivity contribution in [1.29, 1.82) is 0 Å². The van der Waals surface area contributed by atoms with E-state index in [0.29, 0.717) is 29.5 Å². The molecule has 1 atom stereocenters. The molecule has 2 rings (SSSR count). The Morgan fingerprint density at radius 2 is 2.14 bits per heavy atom. The zero-order chi connectivity index (χ0) is 16.4. The number of ether oxygens (including phenoxy) is 1. The summed E-state index contributed by atoms with van der Waals surface area (Å²) in [6.07, 6.45) is 0. The zero-order valence-electron chi connectivity index (χ0n) is 12.9. The Kier molecular flexibility index (Phi) is 4.87. The second-order valence-corrected chi connectivity index (χ2v) is 6.21. The van der Waals surface area contributed by atoms with E-state index in [1.54, 1.807) is 18.6 Å². The highest BCUT2D eigenvalue weighted by molar-refractivity contribution is 8.00. The van der Waals surface area contributed by atoms with Crippen LogP contribution in [-0.2, 0) is 23.1 Å². The van der Waals surface area contributed by atoms with Gasteiger partial charge < -0.3 is 9.30 Å². The summed E-state index contributed by atoms with van der Waals surface area (Å²) in [4.78, 5) is 41.9. The smallest absolute Gasteiger partial charge is 0.329 e. The Bertz CT molecular complexity index is 820. The van der Waals surface area contributed by atoms with E-state index in [2.05, 4.69) is 9.97 Å². The lowest BCUT2D eigenvalue weighted by Gasteiger charge is -2.10. The van der Waals surface area contributed by atoms with Crippen LogP contribution in [0.2, 0.25) is 0 Å². The van der Waals surface area contributed by atoms with Gasteiger partial charge in [-0.2, -0.15) is 0 Å². The number of H-pyrrole nitrogens is 1.